The molecule has 0 aliphatic carbocycles. The molecule has 5 nitrogen and oxygen atoms in total. The summed E-state index contributed by atoms with van der Waals surface area (Å²) in [4.78, 5) is 19.3. The average Bonchev–Trinajstić information content (AvgIpc) is 3.01. The highest BCUT2D eigenvalue weighted by Gasteiger charge is 2.10. The van der Waals surface area contributed by atoms with Crippen molar-refractivity contribution in [1.82, 2.24) is 15.3 Å². The van der Waals surface area contributed by atoms with Gasteiger partial charge in [-0.1, -0.05) is 24.3 Å². The van der Waals surface area contributed by atoms with Crippen molar-refractivity contribution in [2.75, 3.05) is 0 Å². The predicted octanol–water partition coefficient (Wildman–Crippen LogP) is 2.79. The monoisotopic (exact) mass is 302 g/mol. The Morgan fingerprint density at radius 1 is 1.30 bits per heavy atom. The Morgan fingerprint density at radius 2 is 2.17 bits per heavy atom. The van der Waals surface area contributed by atoms with Gasteiger partial charge in [-0.15, -0.1) is 0 Å². The Bertz CT molecular complexity index is 903. The first kappa shape index (κ1) is 14.5. The molecule has 0 atom stereocenters. The molecular weight excluding hydrogens is 288 g/mol. The minimum atomic E-state index is -0.401. The van der Waals surface area contributed by atoms with E-state index in [-0.39, 0.29) is 5.57 Å². The number of nitrogens with zero attached hydrogens (tertiary/aromatic N) is 2. The molecule has 23 heavy (non-hydrogen) atoms. The van der Waals surface area contributed by atoms with Gasteiger partial charge in [0.2, 0.25) is 0 Å². The van der Waals surface area contributed by atoms with Crippen LogP contribution in [0.1, 0.15) is 11.1 Å². The number of aromatic nitrogens is 2. The molecule has 0 radical (unpaired) electrons. The maximum absolute atomic E-state index is 12.2. The lowest BCUT2D eigenvalue weighted by molar-refractivity contribution is -0.117. The number of benzene rings is 1. The van der Waals surface area contributed by atoms with Crippen LogP contribution in [0.4, 0.5) is 0 Å². The molecule has 3 aromatic rings. The van der Waals surface area contributed by atoms with Crippen molar-refractivity contribution in [3.05, 3.63) is 71.7 Å². The summed E-state index contributed by atoms with van der Waals surface area (Å²) in [6, 6.07) is 13.4. The molecule has 0 bridgehead atoms. The number of amides is 1. The molecule has 0 saturated carbocycles. The summed E-state index contributed by atoms with van der Waals surface area (Å²) in [5, 5.41) is 13.0. The van der Waals surface area contributed by atoms with Crippen LogP contribution in [0.15, 0.2) is 60.6 Å². The van der Waals surface area contributed by atoms with Gasteiger partial charge in [0.05, 0.1) is 0 Å². The highest BCUT2D eigenvalue weighted by Crippen LogP contribution is 2.20. The number of rotatable bonds is 4. The number of hydrogen-bond acceptors (Lipinski definition) is 3. The van der Waals surface area contributed by atoms with Gasteiger partial charge in [0, 0.05) is 41.6 Å². The molecule has 0 aliphatic rings. The van der Waals surface area contributed by atoms with Crippen LogP contribution in [0.3, 0.4) is 0 Å². The number of para-hydroxylation sites is 1. The largest absolute Gasteiger partial charge is 0.361 e. The zero-order chi connectivity index (χ0) is 16.1. The molecular formula is C18H14N4O. The first-order valence-electron chi connectivity index (χ1n) is 7.13. The first-order chi connectivity index (χ1) is 11.3. The van der Waals surface area contributed by atoms with Crippen molar-refractivity contribution in [3.63, 3.8) is 0 Å². The molecule has 1 amide bonds. The highest BCUT2D eigenvalue weighted by atomic mass is 16.1. The van der Waals surface area contributed by atoms with Crippen LogP contribution in [0.5, 0.6) is 0 Å². The van der Waals surface area contributed by atoms with Gasteiger partial charge >= 0.3 is 0 Å². The molecule has 0 unspecified atom stereocenters. The number of carbonyl (C=O) groups excluding carboxylic acids is 1. The van der Waals surface area contributed by atoms with Crippen LogP contribution in [-0.2, 0) is 11.3 Å². The molecule has 0 spiro atoms. The van der Waals surface area contributed by atoms with E-state index in [1.165, 1.54) is 0 Å². The van der Waals surface area contributed by atoms with Crippen LogP contribution in [-0.4, -0.2) is 15.9 Å². The number of H-pyrrole nitrogens is 1. The number of hydrogen-bond donors (Lipinski definition) is 2. The Morgan fingerprint density at radius 3 is 2.96 bits per heavy atom. The third-order valence-electron chi connectivity index (χ3n) is 3.46. The summed E-state index contributed by atoms with van der Waals surface area (Å²) in [5.41, 5.74) is 2.73. The van der Waals surface area contributed by atoms with E-state index in [1.807, 2.05) is 36.4 Å². The van der Waals surface area contributed by atoms with Gasteiger partial charge in [-0.05, 0) is 23.8 Å². The number of fused-ring (bicyclic) bond motifs is 1. The van der Waals surface area contributed by atoms with Crippen molar-refractivity contribution in [1.29, 1.82) is 5.26 Å². The molecule has 2 N–H and O–H groups in total. The van der Waals surface area contributed by atoms with Crippen molar-refractivity contribution >= 4 is 22.9 Å². The van der Waals surface area contributed by atoms with Crippen LogP contribution >= 0.6 is 0 Å². The quantitative estimate of drug-likeness (QED) is 0.574. The summed E-state index contributed by atoms with van der Waals surface area (Å²) in [5.74, 6) is -0.401. The van der Waals surface area contributed by atoms with E-state index in [0.717, 1.165) is 22.0 Å². The van der Waals surface area contributed by atoms with Gasteiger partial charge in [-0.25, -0.2) is 0 Å². The number of carbonyl (C=O) groups is 1. The zero-order valence-electron chi connectivity index (χ0n) is 12.3. The average molecular weight is 302 g/mol. The third kappa shape index (κ3) is 3.27. The fourth-order valence-electron chi connectivity index (χ4n) is 2.30. The van der Waals surface area contributed by atoms with E-state index in [4.69, 9.17) is 0 Å². The van der Waals surface area contributed by atoms with Crippen LogP contribution in [0.25, 0.3) is 17.0 Å². The summed E-state index contributed by atoms with van der Waals surface area (Å²) < 4.78 is 0. The van der Waals surface area contributed by atoms with Crippen molar-refractivity contribution in [3.8, 4) is 6.07 Å². The lowest BCUT2D eigenvalue weighted by Crippen LogP contribution is -2.23. The molecule has 0 saturated heterocycles. The van der Waals surface area contributed by atoms with E-state index >= 15 is 0 Å². The van der Waals surface area contributed by atoms with E-state index in [9.17, 15) is 10.1 Å². The molecule has 112 valence electrons. The molecule has 1 aromatic carbocycles. The van der Waals surface area contributed by atoms with Crippen LogP contribution in [0.2, 0.25) is 0 Å². The van der Waals surface area contributed by atoms with E-state index in [2.05, 4.69) is 15.3 Å². The zero-order valence-corrected chi connectivity index (χ0v) is 12.3. The van der Waals surface area contributed by atoms with E-state index in [1.54, 1.807) is 30.7 Å². The normalized spacial score (nSPS) is 11.2. The van der Waals surface area contributed by atoms with E-state index < -0.39 is 5.91 Å². The van der Waals surface area contributed by atoms with Gasteiger partial charge in [0.1, 0.15) is 11.6 Å². The Hall–Kier alpha value is -3.39. The van der Waals surface area contributed by atoms with Gasteiger partial charge in [-0.3, -0.25) is 9.78 Å². The van der Waals surface area contributed by atoms with Gasteiger partial charge in [-0.2, -0.15) is 5.26 Å². The summed E-state index contributed by atoms with van der Waals surface area (Å²) in [7, 11) is 0. The minimum Gasteiger partial charge on any atom is -0.361 e. The molecule has 3 rings (SSSR count). The summed E-state index contributed by atoms with van der Waals surface area (Å²) >= 11 is 0. The standard InChI is InChI=1S/C18H14N4O/c19-9-14(18(23)22-11-13-4-3-7-20-10-13)8-15-12-21-17-6-2-1-5-16(15)17/h1-8,10,12,21H,11H2,(H,22,23). The van der Waals surface area contributed by atoms with Crippen molar-refractivity contribution in [2.45, 2.75) is 6.54 Å². The molecule has 2 aromatic heterocycles. The third-order valence-corrected chi connectivity index (χ3v) is 3.46. The number of nitrogens with one attached hydrogen (secondary N) is 2. The van der Waals surface area contributed by atoms with Gasteiger partial charge < -0.3 is 10.3 Å². The number of nitriles is 1. The summed E-state index contributed by atoms with van der Waals surface area (Å²) in [6.07, 6.45) is 6.73. The highest BCUT2D eigenvalue weighted by molar-refractivity contribution is 6.03. The fraction of sp³-hybridized carbons (Fsp3) is 0.0556. The lowest BCUT2D eigenvalue weighted by atomic mass is 10.1. The second kappa shape index (κ2) is 6.58. The van der Waals surface area contributed by atoms with Crippen molar-refractivity contribution in [2.24, 2.45) is 0 Å². The van der Waals surface area contributed by atoms with Crippen LogP contribution < -0.4 is 5.32 Å². The Balaban J connectivity index is 1.79. The van der Waals surface area contributed by atoms with E-state index in [0.29, 0.717) is 6.54 Å². The number of aromatic amines is 1. The van der Waals surface area contributed by atoms with Gasteiger partial charge in [0.25, 0.3) is 5.91 Å². The first-order valence-corrected chi connectivity index (χ1v) is 7.13. The Kier molecular flexibility index (Phi) is 4.16. The minimum absolute atomic E-state index is 0.0682. The lowest BCUT2D eigenvalue weighted by Gasteiger charge is -2.03. The van der Waals surface area contributed by atoms with Gasteiger partial charge in [0.15, 0.2) is 0 Å². The smallest absolute Gasteiger partial charge is 0.262 e. The summed E-state index contributed by atoms with van der Waals surface area (Å²) in [6.45, 7) is 0.333. The maximum Gasteiger partial charge on any atom is 0.262 e. The second-order valence-corrected chi connectivity index (χ2v) is 5.00. The SMILES string of the molecule is N#CC(=Cc1c[nH]c2ccccc12)C(=O)NCc1cccnc1. The number of pyridine rings is 1. The molecule has 2 heterocycles. The second-order valence-electron chi connectivity index (χ2n) is 5.00. The molecule has 5 heteroatoms. The van der Waals surface area contributed by atoms with Crippen LogP contribution in [0, 0.1) is 11.3 Å². The van der Waals surface area contributed by atoms with Crippen molar-refractivity contribution < 1.29 is 4.79 Å². The Labute approximate surface area is 133 Å². The molecule has 0 aliphatic heterocycles. The maximum atomic E-state index is 12.2. The molecule has 0 fully saturated rings. The fourth-order valence-corrected chi connectivity index (χ4v) is 2.30. The predicted molar refractivity (Wildman–Crippen MR) is 88.0 cm³/mol. The topological polar surface area (TPSA) is 81.6 Å².